The van der Waals surface area contributed by atoms with Crippen LogP contribution in [-0.4, -0.2) is 27.6 Å². The number of sulfonamides is 1. The lowest BCUT2D eigenvalue weighted by Gasteiger charge is -2.12. The molecule has 0 bridgehead atoms. The Morgan fingerprint density at radius 3 is 2.85 bits per heavy atom. The first kappa shape index (κ1) is 17.7. The van der Waals surface area contributed by atoms with Crippen molar-refractivity contribution in [3.05, 3.63) is 22.2 Å². The number of rotatable bonds is 5. The van der Waals surface area contributed by atoms with Crippen molar-refractivity contribution in [2.75, 3.05) is 13.2 Å². The Morgan fingerprint density at radius 2 is 2.20 bits per heavy atom. The van der Waals surface area contributed by atoms with Crippen LogP contribution in [-0.2, 0) is 16.4 Å². The molecule has 5 nitrogen and oxygen atoms in total. The second-order valence-corrected chi connectivity index (χ2v) is 7.31. The molecule has 1 aromatic carbocycles. The number of fused-ring (bicyclic) bond motifs is 1. The average molecular weight is 386 g/mol. The summed E-state index contributed by atoms with van der Waals surface area (Å²) >= 11 is 3.33. The van der Waals surface area contributed by atoms with Crippen molar-refractivity contribution in [1.82, 2.24) is 4.72 Å². The molecule has 0 amide bonds. The minimum Gasteiger partial charge on any atom is -0.492 e. The van der Waals surface area contributed by atoms with E-state index in [0.717, 1.165) is 16.5 Å². The molecule has 1 aliphatic heterocycles. The van der Waals surface area contributed by atoms with E-state index in [4.69, 9.17) is 10.5 Å². The number of ether oxygens (including phenoxy) is 1. The van der Waals surface area contributed by atoms with Gasteiger partial charge in [-0.1, -0.05) is 15.9 Å². The van der Waals surface area contributed by atoms with Crippen molar-refractivity contribution < 1.29 is 13.2 Å². The minimum atomic E-state index is -3.56. The van der Waals surface area contributed by atoms with Crippen LogP contribution in [0.5, 0.6) is 5.75 Å². The van der Waals surface area contributed by atoms with Gasteiger partial charge in [0.15, 0.2) is 0 Å². The Bertz CT molecular complexity index is 578. The first-order chi connectivity index (χ1) is 8.90. The smallest absolute Gasteiger partial charge is 0.244 e. The maximum Gasteiger partial charge on any atom is 0.244 e. The largest absolute Gasteiger partial charge is 0.492 e. The molecule has 1 aliphatic rings. The number of nitrogens with two attached hydrogens (primary N) is 1. The third-order valence-electron chi connectivity index (χ3n) is 2.90. The Morgan fingerprint density at radius 1 is 1.50 bits per heavy atom. The molecule has 8 heteroatoms. The van der Waals surface area contributed by atoms with Crippen molar-refractivity contribution in [2.24, 2.45) is 5.73 Å². The second-order valence-electron chi connectivity index (χ2n) is 4.65. The first-order valence-corrected chi connectivity index (χ1v) is 8.38. The summed E-state index contributed by atoms with van der Waals surface area (Å²) < 4.78 is 33.3. The number of benzene rings is 1. The zero-order chi connectivity index (χ0) is 14.0. The Balaban J connectivity index is 0.00000200. The highest BCUT2D eigenvalue weighted by Crippen LogP contribution is 2.35. The molecule has 0 saturated carbocycles. The van der Waals surface area contributed by atoms with Gasteiger partial charge in [-0.3, -0.25) is 0 Å². The van der Waals surface area contributed by atoms with Crippen LogP contribution in [0.2, 0.25) is 0 Å². The lowest BCUT2D eigenvalue weighted by molar-refractivity contribution is 0.348. The van der Waals surface area contributed by atoms with Crippen LogP contribution in [0.25, 0.3) is 0 Å². The molecule has 0 aromatic heterocycles. The molecule has 1 atom stereocenters. The summed E-state index contributed by atoms with van der Waals surface area (Å²) in [6.45, 7) is 2.68. The van der Waals surface area contributed by atoms with Gasteiger partial charge in [-0.15, -0.1) is 12.4 Å². The van der Waals surface area contributed by atoms with Gasteiger partial charge in [0.1, 0.15) is 10.6 Å². The van der Waals surface area contributed by atoms with Gasteiger partial charge < -0.3 is 10.5 Å². The lowest BCUT2D eigenvalue weighted by Crippen LogP contribution is -2.29. The van der Waals surface area contributed by atoms with Crippen LogP contribution < -0.4 is 15.2 Å². The van der Waals surface area contributed by atoms with Crippen LogP contribution in [0.3, 0.4) is 0 Å². The molecule has 1 heterocycles. The molecule has 3 N–H and O–H groups in total. The van der Waals surface area contributed by atoms with Gasteiger partial charge in [0, 0.05) is 29.0 Å². The van der Waals surface area contributed by atoms with E-state index in [-0.39, 0.29) is 23.3 Å². The van der Waals surface area contributed by atoms with E-state index in [9.17, 15) is 8.42 Å². The maximum atomic E-state index is 12.3. The molecule has 0 spiro atoms. The van der Waals surface area contributed by atoms with Crippen molar-refractivity contribution in [3.63, 3.8) is 0 Å². The summed E-state index contributed by atoms with van der Waals surface area (Å²) in [5, 5.41) is 0. The van der Waals surface area contributed by atoms with Gasteiger partial charge >= 0.3 is 0 Å². The zero-order valence-corrected chi connectivity index (χ0v) is 14.3. The molecule has 2 rings (SSSR count). The molecular weight excluding hydrogens is 368 g/mol. The van der Waals surface area contributed by atoms with Crippen LogP contribution in [0.4, 0.5) is 0 Å². The Labute approximate surface area is 133 Å². The summed E-state index contributed by atoms with van der Waals surface area (Å²) in [5.41, 5.74) is 6.53. The summed E-state index contributed by atoms with van der Waals surface area (Å²) in [6, 6.07) is 3.42. The summed E-state index contributed by atoms with van der Waals surface area (Å²) in [6.07, 6.45) is 1.33. The Kier molecular flexibility index (Phi) is 6.27. The molecule has 0 radical (unpaired) electrons. The van der Waals surface area contributed by atoms with Crippen molar-refractivity contribution in [2.45, 2.75) is 30.7 Å². The fourth-order valence-electron chi connectivity index (χ4n) is 1.93. The molecule has 1 unspecified atom stereocenters. The van der Waals surface area contributed by atoms with E-state index in [2.05, 4.69) is 20.7 Å². The van der Waals surface area contributed by atoms with Crippen LogP contribution in [0.15, 0.2) is 21.5 Å². The van der Waals surface area contributed by atoms with E-state index in [1.54, 1.807) is 6.07 Å². The van der Waals surface area contributed by atoms with Crippen molar-refractivity contribution in [1.29, 1.82) is 0 Å². The van der Waals surface area contributed by atoms with E-state index in [0.29, 0.717) is 25.3 Å². The van der Waals surface area contributed by atoms with E-state index < -0.39 is 10.0 Å². The lowest BCUT2D eigenvalue weighted by atomic mass is 10.2. The number of nitrogens with one attached hydrogen (secondary N) is 1. The van der Waals surface area contributed by atoms with Crippen LogP contribution in [0, 0.1) is 0 Å². The topological polar surface area (TPSA) is 81.4 Å². The molecular formula is C12H18BrClN2O3S. The Hall–Kier alpha value is -0.340. The zero-order valence-electron chi connectivity index (χ0n) is 11.1. The van der Waals surface area contributed by atoms with E-state index in [1.165, 1.54) is 0 Å². The van der Waals surface area contributed by atoms with E-state index in [1.807, 2.05) is 13.0 Å². The minimum absolute atomic E-state index is 0. The number of hydrogen-bond acceptors (Lipinski definition) is 4. The predicted octanol–water partition coefficient (Wildman–Crippen LogP) is 1.82. The number of hydrogen-bond donors (Lipinski definition) is 2. The standard InChI is InChI=1S/C12H17BrN2O3S.ClH/c1-8(14)2-4-15-19(16,17)11-7-10(13)6-9-3-5-18-12(9)11;/h6-8,15H,2-5,14H2,1H3;1H. The fraction of sp³-hybridized carbons (Fsp3) is 0.500. The summed E-state index contributed by atoms with van der Waals surface area (Å²) in [4.78, 5) is 0.194. The quantitative estimate of drug-likeness (QED) is 0.810. The highest BCUT2D eigenvalue weighted by molar-refractivity contribution is 9.10. The van der Waals surface area contributed by atoms with Gasteiger partial charge in [-0.25, -0.2) is 13.1 Å². The average Bonchev–Trinajstić information content (AvgIpc) is 2.74. The predicted molar refractivity (Wildman–Crippen MR) is 84.0 cm³/mol. The molecule has 20 heavy (non-hydrogen) atoms. The first-order valence-electron chi connectivity index (χ1n) is 6.10. The summed E-state index contributed by atoms with van der Waals surface area (Å²) in [7, 11) is -3.56. The SMILES string of the molecule is CC(N)CCNS(=O)(=O)c1cc(Br)cc2c1OCC2.Cl. The van der Waals surface area contributed by atoms with Gasteiger partial charge in [-0.05, 0) is 25.5 Å². The monoisotopic (exact) mass is 384 g/mol. The van der Waals surface area contributed by atoms with Crippen LogP contribution in [0.1, 0.15) is 18.9 Å². The van der Waals surface area contributed by atoms with E-state index >= 15 is 0 Å². The second kappa shape index (κ2) is 7.09. The third kappa shape index (κ3) is 4.08. The summed E-state index contributed by atoms with van der Waals surface area (Å²) in [5.74, 6) is 0.469. The normalized spacial score (nSPS) is 15.2. The van der Waals surface area contributed by atoms with Gasteiger partial charge in [0.25, 0.3) is 0 Å². The van der Waals surface area contributed by atoms with Gasteiger partial charge in [-0.2, -0.15) is 0 Å². The number of halogens is 2. The van der Waals surface area contributed by atoms with Gasteiger partial charge in [0.2, 0.25) is 10.0 Å². The molecule has 114 valence electrons. The fourth-order valence-corrected chi connectivity index (χ4v) is 3.85. The highest BCUT2D eigenvalue weighted by atomic mass is 79.9. The van der Waals surface area contributed by atoms with Crippen molar-refractivity contribution >= 4 is 38.4 Å². The van der Waals surface area contributed by atoms with Crippen LogP contribution >= 0.6 is 28.3 Å². The maximum absolute atomic E-state index is 12.3. The molecule has 0 saturated heterocycles. The van der Waals surface area contributed by atoms with Crippen molar-refractivity contribution in [3.8, 4) is 5.75 Å². The molecule has 0 aliphatic carbocycles. The third-order valence-corrected chi connectivity index (χ3v) is 4.82. The molecule has 0 fully saturated rings. The molecule has 1 aromatic rings. The van der Waals surface area contributed by atoms with Gasteiger partial charge in [0.05, 0.1) is 6.61 Å². The highest BCUT2D eigenvalue weighted by Gasteiger charge is 2.25.